The molecule has 18 N–H and O–H groups in total. The van der Waals surface area contributed by atoms with E-state index in [0.717, 1.165) is 0 Å². The summed E-state index contributed by atoms with van der Waals surface area (Å²) in [5, 5.41) is 126. The first-order valence-corrected chi connectivity index (χ1v) is 5.86. The predicted octanol–water partition coefficient (Wildman–Crippen LogP) is 1.38. The zero-order valence-electron chi connectivity index (χ0n) is 27.1. The molecule has 232 valence electrons. The van der Waals surface area contributed by atoms with Crippen LogP contribution in [0.15, 0.2) is 0 Å². The molecule has 27 nitrogen and oxygen atoms in total. The van der Waals surface area contributed by atoms with Crippen LogP contribution in [0.25, 0.3) is 0 Å². The molecule has 0 amide bonds. The van der Waals surface area contributed by atoms with Crippen LogP contribution in [0.4, 0.5) is 43.2 Å². The Labute approximate surface area is 348 Å². The third kappa shape index (κ3) is 19600. The van der Waals surface area contributed by atoms with Gasteiger partial charge in [-0.2, -0.15) is 0 Å². The van der Waals surface area contributed by atoms with Crippen molar-refractivity contribution in [3.63, 3.8) is 0 Å². The molecule has 0 aliphatic heterocycles. The Morgan fingerprint density at radius 1 is 0.200 bits per heavy atom. The van der Waals surface area contributed by atoms with Gasteiger partial charge in [-0.05, 0) is 0 Å². The van der Waals surface area contributed by atoms with Crippen LogP contribution < -0.4 is 0 Å². The summed E-state index contributed by atoms with van der Waals surface area (Å²) in [6.07, 6.45) is -16.5. The third-order valence-electron chi connectivity index (χ3n) is 0. The molecule has 0 aliphatic rings. The second-order valence-electron chi connectivity index (χ2n) is 2.54. The minimum absolute atomic E-state index is 0. The van der Waals surface area contributed by atoms with E-state index in [9.17, 15) is 0 Å². The molecule has 0 aromatic rings. The summed E-state index contributed by atoms with van der Waals surface area (Å²) < 4.78 is 0. The van der Waals surface area contributed by atoms with Gasteiger partial charge in [-0.3, -0.25) is 0 Å². The van der Waals surface area contributed by atoms with Gasteiger partial charge in [0.1, 0.15) is 0 Å². The average Bonchev–Trinajstić information content (AvgIpc) is 2.39. The van der Waals surface area contributed by atoms with E-state index in [1.165, 1.54) is 0 Å². The van der Waals surface area contributed by atoms with Crippen molar-refractivity contribution in [2.24, 2.45) is 0 Å². The van der Waals surface area contributed by atoms with Gasteiger partial charge >= 0.3 is 206 Å². The Kier molecular flexibility index (Phi) is 160. The van der Waals surface area contributed by atoms with E-state index >= 15 is 0 Å². The van der Waals surface area contributed by atoms with E-state index < -0.39 is 55.4 Å². The van der Waals surface area contributed by atoms with E-state index in [2.05, 4.69) is 0 Å². The molecule has 0 unspecified atom stereocenters. The number of rotatable bonds is 0. The molecule has 31 heteroatoms. The molecule has 0 bridgehead atoms. The zero-order chi connectivity index (χ0) is 32.2. The molecule has 0 aromatic carbocycles. The summed E-state index contributed by atoms with van der Waals surface area (Å²) in [5.74, 6) is 0. The maximum absolute atomic E-state index is 8.56. The van der Waals surface area contributed by atoms with E-state index in [1.807, 2.05) is 0 Å². The van der Waals surface area contributed by atoms with Crippen molar-refractivity contribution in [2.45, 2.75) is 0 Å². The molecule has 40 heavy (non-hydrogen) atoms. The largest absolute Gasteiger partial charge is 2.00 e. The first-order valence-electron chi connectivity index (χ1n) is 5.86. The SMILES string of the molecule is O=C(O)O.O=C(O)O.O=C(O)O.O=C(O)O.O=C(O)O.O=C(O)O.O=C(O)O.O=C(O)O.O=C(O)O.[Ca+2].[Ca+2].[Ca+2].[Ca+2].[H-].[H-].[H-].[H-].[H-].[H-].[H-].[H-]. The molecule has 0 atom stereocenters. The van der Waals surface area contributed by atoms with Crippen molar-refractivity contribution < 1.29 is 146 Å². The zero-order valence-corrected chi connectivity index (χ0v) is 27.9. The quantitative estimate of drug-likeness (QED) is 0.157. The molecule has 0 saturated carbocycles. The van der Waals surface area contributed by atoms with Crippen LogP contribution in [0.5, 0.6) is 0 Å². The van der Waals surface area contributed by atoms with Crippen LogP contribution in [0.3, 0.4) is 0 Å². The van der Waals surface area contributed by atoms with Crippen LogP contribution in [-0.4, -0.2) is 298 Å². The number of hydrogen-bond donors (Lipinski definition) is 18. The summed E-state index contributed by atoms with van der Waals surface area (Å²) >= 11 is 0. The van der Waals surface area contributed by atoms with Crippen molar-refractivity contribution in [1.82, 2.24) is 0 Å². The second kappa shape index (κ2) is 76.8. The molecule has 0 spiro atoms. The van der Waals surface area contributed by atoms with E-state index in [4.69, 9.17) is 135 Å². The molecule has 0 aliphatic carbocycles. The van der Waals surface area contributed by atoms with Gasteiger partial charge in [0.05, 0.1) is 0 Å². The maximum Gasteiger partial charge on any atom is 2.00 e. The van der Waals surface area contributed by atoms with Crippen molar-refractivity contribution in [3.05, 3.63) is 0 Å². The standard InChI is InChI=1S/9CH2O3.4Ca.8H/c9*2-1(3)4;;;;;;;;;;;;/h9*(H2,2,3,4);;;;;;;;;;;;/q;;;;;;;;;4*+2;8*-1. The van der Waals surface area contributed by atoms with Crippen molar-refractivity contribution in [3.8, 4) is 0 Å². The molecular weight excluding hydrogens is 700 g/mol. The number of carbonyl (C=O) groups is 9. The Balaban J connectivity index is -0.00000000872. The minimum atomic E-state index is -1.83. The van der Waals surface area contributed by atoms with Crippen molar-refractivity contribution in [2.75, 3.05) is 0 Å². The van der Waals surface area contributed by atoms with Crippen LogP contribution in [0.1, 0.15) is 11.4 Å². The van der Waals surface area contributed by atoms with Gasteiger partial charge in [0.15, 0.2) is 0 Å². The van der Waals surface area contributed by atoms with Crippen molar-refractivity contribution in [1.29, 1.82) is 0 Å². The van der Waals surface area contributed by atoms with E-state index in [0.29, 0.717) is 0 Å². The summed E-state index contributed by atoms with van der Waals surface area (Å²) in [4.78, 5) is 77.0. The molecule has 0 rings (SSSR count). The smallest absolute Gasteiger partial charge is 1.00 e. The van der Waals surface area contributed by atoms with Gasteiger partial charge in [-0.1, -0.05) is 0 Å². The molecular formula is C9H26Ca4O27. The summed E-state index contributed by atoms with van der Waals surface area (Å²) in [6.45, 7) is 0. The Hall–Kier alpha value is -1.53. The monoisotopic (exact) mass is 726 g/mol. The van der Waals surface area contributed by atoms with Gasteiger partial charge in [0.25, 0.3) is 0 Å². The van der Waals surface area contributed by atoms with Crippen molar-refractivity contribution >= 4 is 206 Å². The second-order valence-corrected chi connectivity index (χ2v) is 2.54. The fourth-order valence-corrected chi connectivity index (χ4v) is 0. The summed E-state index contributed by atoms with van der Waals surface area (Å²) in [7, 11) is 0. The Bertz CT molecular complexity index is 458. The van der Waals surface area contributed by atoms with Crippen LogP contribution >= 0.6 is 0 Å². The number of carboxylic acid groups (broad SMARTS) is 18. The Morgan fingerprint density at radius 3 is 0.200 bits per heavy atom. The minimum Gasteiger partial charge on any atom is -1.00 e. The first kappa shape index (κ1) is 83.3. The van der Waals surface area contributed by atoms with Gasteiger partial charge in [0.2, 0.25) is 0 Å². The first-order chi connectivity index (χ1) is 15.6. The molecule has 0 fully saturated rings. The predicted molar refractivity (Wildman–Crippen MR) is 128 cm³/mol. The normalized spacial score (nSPS) is 5.40. The summed E-state index contributed by atoms with van der Waals surface area (Å²) in [6, 6.07) is 0. The third-order valence-corrected chi connectivity index (χ3v) is 0. The van der Waals surface area contributed by atoms with Crippen LogP contribution in [0.2, 0.25) is 0 Å². The average molecular weight is 727 g/mol. The van der Waals surface area contributed by atoms with Crippen LogP contribution in [0, 0.1) is 0 Å². The van der Waals surface area contributed by atoms with Gasteiger partial charge in [-0.25, -0.2) is 43.2 Å². The molecule has 0 radical (unpaired) electrons. The molecule has 0 aromatic heterocycles. The fraction of sp³-hybridized carbons (Fsp3) is 0. The molecule has 0 heterocycles. The summed E-state index contributed by atoms with van der Waals surface area (Å²) in [5.41, 5.74) is 0. The van der Waals surface area contributed by atoms with Gasteiger partial charge in [0, 0.05) is 0 Å². The van der Waals surface area contributed by atoms with Crippen LogP contribution in [-0.2, 0) is 0 Å². The topological polar surface area (TPSA) is 518 Å². The Morgan fingerprint density at radius 2 is 0.200 bits per heavy atom. The fourth-order valence-electron chi connectivity index (χ4n) is 0. The van der Waals surface area contributed by atoms with Gasteiger partial charge < -0.3 is 103 Å². The number of hydrogen-bond acceptors (Lipinski definition) is 9. The van der Waals surface area contributed by atoms with E-state index in [-0.39, 0.29) is 162 Å². The maximum atomic E-state index is 8.56. The molecule has 0 saturated heterocycles. The van der Waals surface area contributed by atoms with E-state index in [1.54, 1.807) is 0 Å². The van der Waals surface area contributed by atoms with Gasteiger partial charge in [-0.15, -0.1) is 0 Å².